The second-order valence-corrected chi connectivity index (χ2v) is 6.11. The monoisotopic (exact) mass is 264 g/mol. The first kappa shape index (κ1) is 14.1. The van der Waals surface area contributed by atoms with Gasteiger partial charge in [-0.3, -0.25) is 4.79 Å². The van der Waals surface area contributed by atoms with E-state index in [-0.39, 0.29) is 29.1 Å². The Bertz CT molecular complexity index is 238. The molecule has 2 aliphatic heterocycles. The molecule has 1 atom stereocenters. The Hall–Kier alpha value is 0.0700. The molecular formula is C11H21ClN2OS. The fourth-order valence-corrected chi connectivity index (χ4v) is 3.43. The van der Waals surface area contributed by atoms with Gasteiger partial charge in [0.15, 0.2) is 0 Å². The van der Waals surface area contributed by atoms with Crippen LogP contribution in [0.2, 0.25) is 0 Å². The molecule has 0 aromatic carbocycles. The van der Waals surface area contributed by atoms with Gasteiger partial charge in [0.05, 0.1) is 5.25 Å². The average Bonchev–Trinajstić information content (AvgIpc) is 2.70. The van der Waals surface area contributed by atoms with Crippen LogP contribution in [-0.2, 0) is 4.79 Å². The van der Waals surface area contributed by atoms with Crippen LogP contribution in [0.1, 0.15) is 32.6 Å². The van der Waals surface area contributed by atoms with Gasteiger partial charge in [-0.15, -0.1) is 24.2 Å². The fourth-order valence-electron chi connectivity index (χ4n) is 2.27. The van der Waals surface area contributed by atoms with Crippen LogP contribution in [0.15, 0.2) is 0 Å². The smallest absolute Gasteiger partial charge is 0.233 e. The predicted molar refractivity (Wildman–Crippen MR) is 71.4 cm³/mol. The van der Waals surface area contributed by atoms with E-state index in [0.29, 0.717) is 0 Å². The summed E-state index contributed by atoms with van der Waals surface area (Å²) in [5.74, 6) is 1.41. The van der Waals surface area contributed by atoms with Gasteiger partial charge >= 0.3 is 0 Å². The number of nitrogens with one attached hydrogen (secondary N) is 2. The summed E-state index contributed by atoms with van der Waals surface area (Å²) in [5, 5.41) is 6.78. The Labute approximate surface area is 108 Å². The van der Waals surface area contributed by atoms with Crippen molar-refractivity contribution in [2.24, 2.45) is 0 Å². The maximum atomic E-state index is 12.0. The minimum Gasteiger partial charge on any atom is -0.350 e. The summed E-state index contributed by atoms with van der Waals surface area (Å²) < 4.78 is 0. The van der Waals surface area contributed by atoms with Gasteiger partial charge in [-0.2, -0.15) is 0 Å². The standard InChI is InChI=1S/C11H20N2OS.ClH/c1-11(4-6-12-7-5-11)13-10(14)9-3-2-8-15-9;/h9,12H,2-8H2,1H3,(H,13,14);1H. The van der Waals surface area contributed by atoms with E-state index < -0.39 is 0 Å². The van der Waals surface area contributed by atoms with Gasteiger partial charge in [0.2, 0.25) is 5.91 Å². The molecule has 2 N–H and O–H groups in total. The van der Waals surface area contributed by atoms with E-state index in [1.165, 1.54) is 6.42 Å². The minimum absolute atomic E-state index is 0. The summed E-state index contributed by atoms with van der Waals surface area (Å²) in [6.45, 7) is 4.22. The van der Waals surface area contributed by atoms with Crippen molar-refractivity contribution in [3.8, 4) is 0 Å². The zero-order valence-electron chi connectivity index (χ0n) is 9.75. The SMILES string of the molecule is CC1(NC(=O)C2CCCS2)CCNCC1.Cl. The number of carbonyl (C=O) groups is 1. The molecule has 0 aromatic heterocycles. The maximum Gasteiger partial charge on any atom is 0.233 e. The number of amides is 1. The van der Waals surface area contributed by atoms with E-state index in [1.807, 2.05) is 11.8 Å². The molecular weight excluding hydrogens is 244 g/mol. The molecule has 0 aliphatic carbocycles. The topological polar surface area (TPSA) is 41.1 Å². The lowest BCUT2D eigenvalue weighted by molar-refractivity contribution is -0.122. The largest absolute Gasteiger partial charge is 0.350 e. The third-order valence-electron chi connectivity index (χ3n) is 3.35. The van der Waals surface area contributed by atoms with Crippen LogP contribution in [-0.4, -0.2) is 35.5 Å². The second kappa shape index (κ2) is 6.12. The van der Waals surface area contributed by atoms with Crippen LogP contribution in [0.4, 0.5) is 0 Å². The summed E-state index contributed by atoms with van der Waals surface area (Å²) in [6, 6.07) is 0. The quantitative estimate of drug-likeness (QED) is 0.795. The molecule has 3 nitrogen and oxygen atoms in total. The van der Waals surface area contributed by atoms with Crippen molar-refractivity contribution in [1.82, 2.24) is 10.6 Å². The average molecular weight is 265 g/mol. The Kier molecular flexibility index (Phi) is 5.41. The summed E-state index contributed by atoms with van der Waals surface area (Å²) >= 11 is 1.81. The molecule has 0 saturated carbocycles. The Morgan fingerprint density at radius 1 is 1.44 bits per heavy atom. The van der Waals surface area contributed by atoms with Crippen LogP contribution in [0.5, 0.6) is 0 Å². The Morgan fingerprint density at radius 3 is 2.69 bits per heavy atom. The summed E-state index contributed by atoms with van der Waals surface area (Å²) in [6.07, 6.45) is 4.36. The zero-order valence-corrected chi connectivity index (χ0v) is 11.4. The summed E-state index contributed by atoms with van der Waals surface area (Å²) in [5.41, 5.74) is 0.0332. The van der Waals surface area contributed by atoms with Crippen molar-refractivity contribution >= 4 is 30.1 Å². The first-order valence-electron chi connectivity index (χ1n) is 5.84. The molecule has 2 saturated heterocycles. The molecule has 1 amide bonds. The third-order valence-corrected chi connectivity index (χ3v) is 4.73. The normalized spacial score (nSPS) is 28.2. The summed E-state index contributed by atoms with van der Waals surface area (Å²) in [7, 11) is 0. The third kappa shape index (κ3) is 3.54. The first-order chi connectivity index (χ1) is 7.20. The van der Waals surface area contributed by atoms with Gasteiger partial charge in [-0.25, -0.2) is 0 Å². The van der Waals surface area contributed by atoms with Crippen molar-refractivity contribution in [2.45, 2.75) is 43.4 Å². The molecule has 2 aliphatic rings. The van der Waals surface area contributed by atoms with E-state index >= 15 is 0 Å². The Morgan fingerprint density at radius 2 is 2.12 bits per heavy atom. The van der Waals surface area contributed by atoms with E-state index in [1.54, 1.807) is 0 Å². The maximum absolute atomic E-state index is 12.0. The van der Waals surface area contributed by atoms with Crippen molar-refractivity contribution in [3.63, 3.8) is 0 Å². The number of halogens is 1. The first-order valence-corrected chi connectivity index (χ1v) is 6.89. The molecule has 0 radical (unpaired) electrons. The van der Waals surface area contributed by atoms with Gasteiger partial charge in [-0.05, 0) is 51.4 Å². The van der Waals surface area contributed by atoms with Crippen molar-refractivity contribution < 1.29 is 4.79 Å². The molecule has 2 heterocycles. The highest BCUT2D eigenvalue weighted by atomic mass is 35.5. The molecule has 0 spiro atoms. The minimum atomic E-state index is 0. The molecule has 16 heavy (non-hydrogen) atoms. The van der Waals surface area contributed by atoms with Crippen LogP contribution < -0.4 is 10.6 Å². The lowest BCUT2D eigenvalue weighted by Gasteiger charge is -2.35. The molecule has 2 fully saturated rings. The van der Waals surface area contributed by atoms with Crippen LogP contribution in [0, 0.1) is 0 Å². The number of piperidine rings is 1. The highest BCUT2D eigenvalue weighted by molar-refractivity contribution is 8.00. The van der Waals surface area contributed by atoms with E-state index in [0.717, 1.165) is 38.1 Å². The lowest BCUT2D eigenvalue weighted by Crippen LogP contribution is -2.54. The molecule has 5 heteroatoms. The summed E-state index contributed by atoms with van der Waals surface area (Å²) in [4.78, 5) is 12.0. The zero-order chi connectivity index (χ0) is 10.7. The number of thioether (sulfide) groups is 1. The van der Waals surface area contributed by atoms with Gasteiger partial charge in [-0.1, -0.05) is 0 Å². The van der Waals surface area contributed by atoms with Crippen molar-refractivity contribution in [2.75, 3.05) is 18.8 Å². The van der Waals surface area contributed by atoms with Crippen LogP contribution in [0.3, 0.4) is 0 Å². The molecule has 2 rings (SSSR count). The van der Waals surface area contributed by atoms with E-state index in [9.17, 15) is 4.79 Å². The lowest BCUT2D eigenvalue weighted by atomic mass is 9.90. The van der Waals surface area contributed by atoms with Crippen molar-refractivity contribution in [1.29, 1.82) is 0 Å². The molecule has 0 bridgehead atoms. The number of hydrogen-bond acceptors (Lipinski definition) is 3. The van der Waals surface area contributed by atoms with Crippen LogP contribution >= 0.6 is 24.2 Å². The van der Waals surface area contributed by atoms with E-state index in [2.05, 4.69) is 17.6 Å². The van der Waals surface area contributed by atoms with Gasteiger partial charge in [0, 0.05) is 5.54 Å². The number of hydrogen-bond donors (Lipinski definition) is 2. The Balaban J connectivity index is 0.00000128. The second-order valence-electron chi connectivity index (χ2n) is 4.80. The number of rotatable bonds is 2. The van der Waals surface area contributed by atoms with Crippen molar-refractivity contribution in [3.05, 3.63) is 0 Å². The van der Waals surface area contributed by atoms with Crippen LogP contribution in [0.25, 0.3) is 0 Å². The predicted octanol–water partition coefficient (Wildman–Crippen LogP) is 1.56. The van der Waals surface area contributed by atoms with E-state index in [4.69, 9.17) is 0 Å². The van der Waals surface area contributed by atoms with Gasteiger partial charge in [0.25, 0.3) is 0 Å². The number of carbonyl (C=O) groups excluding carboxylic acids is 1. The highest BCUT2D eigenvalue weighted by Gasteiger charge is 2.32. The highest BCUT2D eigenvalue weighted by Crippen LogP contribution is 2.27. The molecule has 1 unspecified atom stereocenters. The van der Waals surface area contributed by atoms with Gasteiger partial charge in [0.1, 0.15) is 0 Å². The fraction of sp³-hybridized carbons (Fsp3) is 0.909. The molecule has 94 valence electrons. The molecule has 0 aromatic rings. The van der Waals surface area contributed by atoms with Gasteiger partial charge < -0.3 is 10.6 Å².